The standard InChI is InChI=1S/C18H24ClN3O2S2/c19-15-3-5-16(6-4-15)26(23,24)22-9-7-21(8-10-22)18(25)20-17-12-13-1-2-14(17)11-13/h3-6,13-14,17H,1-2,7-12H2,(H,20,25)/t13-,14-,17-/m1/s1. The highest BCUT2D eigenvalue weighted by Gasteiger charge is 2.40. The van der Waals surface area contributed by atoms with Crippen molar-refractivity contribution in [3.8, 4) is 0 Å². The number of benzene rings is 1. The molecule has 1 heterocycles. The van der Waals surface area contributed by atoms with Gasteiger partial charge in [0.2, 0.25) is 10.0 Å². The van der Waals surface area contributed by atoms with Crippen molar-refractivity contribution >= 4 is 39.0 Å². The van der Waals surface area contributed by atoms with Crippen molar-refractivity contribution in [1.82, 2.24) is 14.5 Å². The monoisotopic (exact) mass is 413 g/mol. The molecule has 3 aliphatic rings. The number of sulfonamides is 1. The quantitative estimate of drug-likeness (QED) is 0.772. The third-order valence-electron chi connectivity index (χ3n) is 6.02. The van der Waals surface area contributed by atoms with Gasteiger partial charge in [-0.2, -0.15) is 4.31 Å². The van der Waals surface area contributed by atoms with E-state index in [0.717, 1.165) is 16.9 Å². The molecule has 1 N–H and O–H groups in total. The molecule has 1 aromatic carbocycles. The van der Waals surface area contributed by atoms with Gasteiger partial charge in [-0.05, 0) is 67.6 Å². The van der Waals surface area contributed by atoms with Gasteiger partial charge in [-0.1, -0.05) is 18.0 Å². The molecule has 142 valence electrons. The van der Waals surface area contributed by atoms with Gasteiger partial charge in [0.25, 0.3) is 0 Å². The van der Waals surface area contributed by atoms with Crippen LogP contribution in [0.15, 0.2) is 29.2 Å². The topological polar surface area (TPSA) is 52.7 Å². The van der Waals surface area contributed by atoms with Gasteiger partial charge >= 0.3 is 0 Å². The van der Waals surface area contributed by atoms with E-state index in [2.05, 4.69) is 10.2 Å². The summed E-state index contributed by atoms with van der Waals surface area (Å²) in [6.07, 6.45) is 5.26. The van der Waals surface area contributed by atoms with Crippen LogP contribution in [0.1, 0.15) is 25.7 Å². The van der Waals surface area contributed by atoms with E-state index in [-0.39, 0.29) is 4.90 Å². The van der Waals surface area contributed by atoms with E-state index in [1.807, 2.05) is 0 Å². The van der Waals surface area contributed by atoms with Crippen LogP contribution in [0.4, 0.5) is 0 Å². The van der Waals surface area contributed by atoms with Crippen LogP contribution in [-0.2, 0) is 10.0 Å². The minimum atomic E-state index is -3.47. The average Bonchev–Trinajstić information content (AvgIpc) is 3.25. The lowest BCUT2D eigenvalue weighted by molar-refractivity contribution is 0.258. The fourth-order valence-electron chi connectivity index (χ4n) is 4.56. The Labute approximate surface area is 165 Å². The first-order chi connectivity index (χ1) is 12.4. The third kappa shape index (κ3) is 3.59. The highest BCUT2D eigenvalue weighted by atomic mass is 35.5. The molecule has 2 aliphatic carbocycles. The second-order valence-corrected chi connectivity index (χ2v) is 10.3. The zero-order valence-corrected chi connectivity index (χ0v) is 17.0. The van der Waals surface area contributed by atoms with E-state index in [4.69, 9.17) is 23.8 Å². The van der Waals surface area contributed by atoms with E-state index in [9.17, 15) is 8.42 Å². The number of halogens is 1. The molecule has 8 heteroatoms. The van der Waals surface area contributed by atoms with Crippen molar-refractivity contribution in [3.63, 3.8) is 0 Å². The molecule has 3 fully saturated rings. The van der Waals surface area contributed by atoms with E-state index in [1.54, 1.807) is 24.3 Å². The first-order valence-electron chi connectivity index (χ1n) is 9.24. The van der Waals surface area contributed by atoms with E-state index in [0.29, 0.717) is 37.2 Å². The first-order valence-corrected chi connectivity index (χ1v) is 11.5. The maximum Gasteiger partial charge on any atom is 0.243 e. The van der Waals surface area contributed by atoms with Crippen molar-refractivity contribution in [3.05, 3.63) is 29.3 Å². The van der Waals surface area contributed by atoms with E-state index in [1.165, 1.54) is 30.0 Å². The van der Waals surface area contributed by atoms with Crippen LogP contribution in [0, 0.1) is 11.8 Å². The lowest BCUT2D eigenvalue weighted by atomic mass is 9.95. The Bertz CT molecular complexity index is 776. The molecule has 4 rings (SSSR count). The molecule has 26 heavy (non-hydrogen) atoms. The second kappa shape index (κ2) is 7.26. The van der Waals surface area contributed by atoms with Gasteiger partial charge in [0.15, 0.2) is 5.11 Å². The molecule has 3 atom stereocenters. The van der Waals surface area contributed by atoms with Gasteiger partial charge in [0.05, 0.1) is 4.90 Å². The normalized spacial score (nSPS) is 29.1. The summed E-state index contributed by atoms with van der Waals surface area (Å²) in [5.74, 6) is 1.64. The fraction of sp³-hybridized carbons (Fsp3) is 0.611. The zero-order valence-electron chi connectivity index (χ0n) is 14.6. The van der Waals surface area contributed by atoms with Crippen molar-refractivity contribution < 1.29 is 8.42 Å². The van der Waals surface area contributed by atoms with E-state index >= 15 is 0 Å². The van der Waals surface area contributed by atoms with Crippen LogP contribution in [-0.4, -0.2) is 55.0 Å². The van der Waals surface area contributed by atoms with Crippen LogP contribution >= 0.6 is 23.8 Å². The summed E-state index contributed by atoms with van der Waals surface area (Å²) < 4.78 is 27.0. The summed E-state index contributed by atoms with van der Waals surface area (Å²) in [4.78, 5) is 2.40. The number of fused-ring (bicyclic) bond motifs is 2. The van der Waals surface area contributed by atoms with Crippen molar-refractivity contribution in [2.24, 2.45) is 11.8 Å². The van der Waals surface area contributed by atoms with Gasteiger partial charge in [-0.25, -0.2) is 8.42 Å². The number of nitrogens with one attached hydrogen (secondary N) is 1. The first kappa shape index (κ1) is 18.5. The Morgan fingerprint density at radius 1 is 1.08 bits per heavy atom. The average molecular weight is 414 g/mol. The summed E-state index contributed by atoms with van der Waals surface area (Å²) >= 11 is 11.5. The number of thiocarbonyl (C=S) groups is 1. The SMILES string of the molecule is O=S(=O)(c1ccc(Cl)cc1)N1CCN(C(=S)N[C@@H]2C[C@@H]3CC[C@@H]2C3)CC1. The number of hydrogen-bond acceptors (Lipinski definition) is 3. The lowest BCUT2D eigenvalue weighted by Gasteiger charge is -2.37. The molecule has 1 aliphatic heterocycles. The molecule has 2 saturated carbocycles. The largest absolute Gasteiger partial charge is 0.360 e. The van der Waals surface area contributed by atoms with E-state index < -0.39 is 10.0 Å². The summed E-state index contributed by atoms with van der Waals surface area (Å²) in [6, 6.07) is 6.85. The molecule has 2 bridgehead atoms. The Kier molecular flexibility index (Phi) is 5.16. The van der Waals surface area contributed by atoms with Crippen LogP contribution < -0.4 is 5.32 Å². The van der Waals surface area contributed by atoms with Crippen molar-refractivity contribution in [2.45, 2.75) is 36.6 Å². The van der Waals surface area contributed by atoms with Crippen LogP contribution in [0.2, 0.25) is 5.02 Å². The zero-order chi connectivity index (χ0) is 18.3. The highest BCUT2D eigenvalue weighted by Crippen LogP contribution is 2.44. The van der Waals surface area contributed by atoms with Crippen LogP contribution in [0.25, 0.3) is 0 Å². The summed E-state index contributed by atoms with van der Waals surface area (Å²) in [5.41, 5.74) is 0. The van der Waals surface area contributed by atoms with Crippen molar-refractivity contribution in [2.75, 3.05) is 26.2 Å². The second-order valence-electron chi connectivity index (χ2n) is 7.58. The predicted molar refractivity (Wildman–Crippen MR) is 107 cm³/mol. The molecule has 0 radical (unpaired) electrons. The minimum absolute atomic E-state index is 0.290. The Morgan fingerprint density at radius 3 is 2.35 bits per heavy atom. The Hall–Kier alpha value is -0.890. The molecule has 1 saturated heterocycles. The number of nitrogens with zero attached hydrogens (tertiary/aromatic N) is 2. The Balaban J connectivity index is 1.33. The molecule has 0 spiro atoms. The fourth-order valence-corrected chi connectivity index (χ4v) is 6.44. The Morgan fingerprint density at radius 2 is 1.77 bits per heavy atom. The molecular weight excluding hydrogens is 390 g/mol. The molecule has 5 nitrogen and oxygen atoms in total. The third-order valence-corrected chi connectivity index (χ3v) is 8.57. The number of rotatable bonds is 3. The van der Waals surface area contributed by atoms with Gasteiger partial charge in [-0.3, -0.25) is 0 Å². The van der Waals surface area contributed by atoms with Crippen LogP contribution in [0.5, 0.6) is 0 Å². The summed E-state index contributed by atoms with van der Waals surface area (Å²) in [7, 11) is -3.47. The number of hydrogen-bond donors (Lipinski definition) is 1. The molecule has 0 unspecified atom stereocenters. The summed E-state index contributed by atoms with van der Waals surface area (Å²) in [6.45, 7) is 2.14. The molecule has 0 amide bonds. The van der Waals surface area contributed by atoms with Gasteiger partial charge in [-0.15, -0.1) is 0 Å². The smallest absolute Gasteiger partial charge is 0.243 e. The predicted octanol–water partition coefficient (Wildman–Crippen LogP) is 2.71. The maximum absolute atomic E-state index is 12.8. The minimum Gasteiger partial charge on any atom is -0.360 e. The maximum atomic E-state index is 12.8. The van der Waals surface area contributed by atoms with Gasteiger partial charge < -0.3 is 10.2 Å². The van der Waals surface area contributed by atoms with Gasteiger partial charge in [0, 0.05) is 37.2 Å². The highest BCUT2D eigenvalue weighted by molar-refractivity contribution is 7.89. The van der Waals surface area contributed by atoms with Crippen molar-refractivity contribution in [1.29, 1.82) is 0 Å². The van der Waals surface area contributed by atoms with Crippen LogP contribution in [0.3, 0.4) is 0 Å². The molecular formula is C18H24ClN3O2S2. The molecule has 1 aromatic rings. The van der Waals surface area contributed by atoms with Gasteiger partial charge in [0.1, 0.15) is 0 Å². The molecule has 0 aromatic heterocycles. The lowest BCUT2D eigenvalue weighted by Crippen LogP contribution is -2.54. The summed E-state index contributed by atoms with van der Waals surface area (Å²) in [5, 5.41) is 4.86. The number of piperazine rings is 1.